The molecule has 0 aliphatic carbocycles. The van der Waals surface area contributed by atoms with Crippen molar-refractivity contribution in [1.82, 2.24) is 15.1 Å². The van der Waals surface area contributed by atoms with Gasteiger partial charge in [-0.05, 0) is 57.0 Å². The van der Waals surface area contributed by atoms with Crippen LogP contribution in [-0.4, -0.2) is 16.3 Å². The molecule has 1 aromatic carbocycles. The Hall–Kier alpha value is -1.39. The Morgan fingerprint density at radius 2 is 2.10 bits per heavy atom. The Balaban J connectivity index is 2.50. The van der Waals surface area contributed by atoms with Gasteiger partial charge in [-0.3, -0.25) is 0 Å². The van der Waals surface area contributed by atoms with E-state index >= 15 is 0 Å². The Morgan fingerprint density at radius 3 is 2.67 bits per heavy atom. The van der Waals surface area contributed by atoms with E-state index < -0.39 is 0 Å². The van der Waals surface area contributed by atoms with Crippen molar-refractivity contribution in [2.24, 2.45) is 0 Å². The SMILES string of the molecule is CCCNC(C)c1cc(F)c(C)cc1-n1cc(Cl)c(C)n1. The van der Waals surface area contributed by atoms with Crippen molar-refractivity contribution in [2.45, 2.75) is 40.2 Å². The molecule has 114 valence electrons. The zero-order valence-corrected chi connectivity index (χ0v) is 13.6. The molecule has 1 aromatic heterocycles. The van der Waals surface area contributed by atoms with E-state index in [0.717, 1.165) is 29.9 Å². The van der Waals surface area contributed by atoms with Crippen LogP contribution >= 0.6 is 11.6 Å². The van der Waals surface area contributed by atoms with Crippen molar-refractivity contribution >= 4 is 11.6 Å². The van der Waals surface area contributed by atoms with Gasteiger partial charge in [0.15, 0.2) is 0 Å². The van der Waals surface area contributed by atoms with Crippen molar-refractivity contribution < 1.29 is 4.39 Å². The Labute approximate surface area is 130 Å². The average Bonchev–Trinajstić information content (AvgIpc) is 2.78. The molecule has 1 N–H and O–H groups in total. The van der Waals surface area contributed by atoms with Gasteiger partial charge < -0.3 is 5.32 Å². The summed E-state index contributed by atoms with van der Waals surface area (Å²) in [6.07, 6.45) is 2.79. The van der Waals surface area contributed by atoms with Crippen LogP contribution in [0.25, 0.3) is 5.69 Å². The molecule has 0 radical (unpaired) electrons. The molecule has 0 aliphatic rings. The first-order valence-corrected chi connectivity index (χ1v) is 7.57. The van der Waals surface area contributed by atoms with Gasteiger partial charge in [0.2, 0.25) is 0 Å². The second-order valence-electron chi connectivity index (χ2n) is 5.34. The lowest BCUT2D eigenvalue weighted by Crippen LogP contribution is -2.21. The minimum absolute atomic E-state index is 0.0401. The highest BCUT2D eigenvalue weighted by Crippen LogP contribution is 2.26. The van der Waals surface area contributed by atoms with Crippen molar-refractivity contribution in [2.75, 3.05) is 6.54 Å². The molecule has 1 atom stereocenters. The van der Waals surface area contributed by atoms with Gasteiger partial charge in [-0.2, -0.15) is 5.10 Å². The number of benzene rings is 1. The van der Waals surface area contributed by atoms with Gasteiger partial charge in [0, 0.05) is 12.2 Å². The molecular weight excluding hydrogens is 289 g/mol. The monoisotopic (exact) mass is 309 g/mol. The predicted octanol–water partition coefficient (Wildman–Crippen LogP) is 4.34. The summed E-state index contributed by atoms with van der Waals surface area (Å²) in [6.45, 7) is 8.63. The third kappa shape index (κ3) is 3.44. The van der Waals surface area contributed by atoms with E-state index in [1.54, 1.807) is 23.9 Å². The Morgan fingerprint density at radius 1 is 1.38 bits per heavy atom. The van der Waals surface area contributed by atoms with E-state index in [0.29, 0.717) is 10.6 Å². The highest BCUT2D eigenvalue weighted by atomic mass is 35.5. The van der Waals surface area contributed by atoms with E-state index in [-0.39, 0.29) is 11.9 Å². The second-order valence-corrected chi connectivity index (χ2v) is 5.75. The van der Waals surface area contributed by atoms with Crippen LogP contribution in [0.2, 0.25) is 5.02 Å². The summed E-state index contributed by atoms with van der Waals surface area (Å²) in [4.78, 5) is 0. The summed E-state index contributed by atoms with van der Waals surface area (Å²) in [5, 5.41) is 8.40. The van der Waals surface area contributed by atoms with Crippen LogP contribution in [-0.2, 0) is 0 Å². The number of rotatable bonds is 5. The Kier molecular flexibility index (Phi) is 5.01. The fraction of sp³-hybridized carbons (Fsp3) is 0.438. The molecule has 1 heterocycles. The molecule has 2 aromatic rings. The molecule has 0 bridgehead atoms. The number of hydrogen-bond acceptors (Lipinski definition) is 2. The number of nitrogens with zero attached hydrogens (tertiary/aromatic N) is 2. The van der Waals surface area contributed by atoms with Crippen LogP contribution in [0.1, 0.15) is 43.1 Å². The molecule has 0 fully saturated rings. The number of aryl methyl sites for hydroxylation is 2. The summed E-state index contributed by atoms with van der Waals surface area (Å²) in [6, 6.07) is 3.44. The van der Waals surface area contributed by atoms with Crippen LogP contribution < -0.4 is 5.32 Å². The molecule has 0 amide bonds. The maximum absolute atomic E-state index is 14.0. The van der Waals surface area contributed by atoms with E-state index in [1.807, 2.05) is 19.9 Å². The van der Waals surface area contributed by atoms with Crippen molar-refractivity contribution in [3.8, 4) is 5.69 Å². The van der Waals surface area contributed by atoms with Gasteiger partial charge in [0.05, 0.1) is 16.4 Å². The minimum atomic E-state index is -0.200. The molecule has 0 spiro atoms. The molecule has 5 heteroatoms. The smallest absolute Gasteiger partial charge is 0.126 e. The summed E-state index contributed by atoms with van der Waals surface area (Å²) in [7, 11) is 0. The van der Waals surface area contributed by atoms with Crippen molar-refractivity contribution in [1.29, 1.82) is 0 Å². The quantitative estimate of drug-likeness (QED) is 0.890. The fourth-order valence-corrected chi connectivity index (χ4v) is 2.39. The molecule has 2 rings (SSSR count). The van der Waals surface area contributed by atoms with E-state index in [1.165, 1.54) is 0 Å². The molecule has 0 aliphatic heterocycles. The first-order chi connectivity index (χ1) is 9.93. The summed E-state index contributed by atoms with van der Waals surface area (Å²) in [5.41, 5.74) is 3.10. The summed E-state index contributed by atoms with van der Waals surface area (Å²) >= 11 is 6.09. The normalized spacial score (nSPS) is 12.7. The van der Waals surface area contributed by atoms with Gasteiger partial charge >= 0.3 is 0 Å². The maximum atomic E-state index is 14.0. The predicted molar refractivity (Wildman–Crippen MR) is 84.7 cm³/mol. The number of nitrogens with one attached hydrogen (secondary N) is 1. The average molecular weight is 310 g/mol. The molecule has 21 heavy (non-hydrogen) atoms. The lowest BCUT2D eigenvalue weighted by molar-refractivity contribution is 0.556. The molecule has 3 nitrogen and oxygen atoms in total. The van der Waals surface area contributed by atoms with Crippen LogP contribution in [0, 0.1) is 19.7 Å². The largest absolute Gasteiger partial charge is 0.310 e. The van der Waals surface area contributed by atoms with Gasteiger partial charge in [0.1, 0.15) is 5.82 Å². The van der Waals surface area contributed by atoms with Crippen LogP contribution in [0.5, 0.6) is 0 Å². The van der Waals surface area contributed by atoms with E-state index in [4.69, 9.17) is 11.6 Å². The number of aromatic nitrogens is 2. The minimum Gasteiger partial charge on any atom is -0.310 e. The molecule has 1 unspecified atom stereocenters. The van der Waals surface area contributed by atoms with Crippen LogP contribution in [0.15, 0.2) is 18.3 Å². The number of hydrogen-bond donors (Lipinski definition) is 1. The van der Waals surface area contributed by atoms with E-state index in [2.05, 4.69) is 17.3 Å². The van der Waals surface area contributed by atoms with Gasteiger partial charge in [-0.25, -0.2) is 9.07 Å². The summed E-state index contributed by atoms with van der Waals surface area (Å²) < 4.78 is 15.7. The molecular formula is C16H21ClFN3. The number of halogens is 2. The third-order valence-electron chi connectivity index (χ3n) is 3.56. The highest BCUT2D eigenvalue weighted by molar-refractivity contribution is 6.31. The maximum Gasteiger partial charge on any atom is 0.126 e. The molecule has 0 saturated carbocycles. The highest BCUT2D eigenvalue weighted by Gasteiger charge is 2.16. The van der Waals surface area contributed by atoms with E-state index in [9.17, 15) is 4.39 Å². The lowest BCUT2D eigenvalue weighted by Gasteiger charge is -2.19. The first kappa shape index (κ1) is 16.0. The topological polar surface area (TPSA) is 29.9 Å². The fourth-order valence-electron chi connectivity index (χ4n) is 2.26. The van der Waals surface area contributed by atoms with Crippen LogP contribution in [0.3, 0.4) is 0 Å². The third-order valence-corrected chi connectivity index (χ3v) is 3.93. The van der Waals surface area contributed by atoms with Gasteiger partial charge in [-0.1, -0.05) is 18.5 Å². The molecule has 0 saturated heterocycles. The lowest BCUT2D eigenvalue weighted by atomic mass is 10.0. The van der Waals surface area contributed by atoms with Gasteiger partial charge in [0.25, 0.3) is 0 Å². The van der Waals surface area contributed by atoms with Gasteiger partial charge in [-0.15, -0.1) is 0 Å². The first-order valence-electron chi connectivity index (χ1n) is 7.19. The second kappa shape index (κ2) is 6.58. The zero-order valence-electron chi connectivity index (χ0n) is 12.9. The Bertz CT molecular complexity index is 617. The van der Waals surface area contributed by atoms with Crippen LogP contribution in [0.4, 0.5) is 4.39 Å². The summed E-state index contributed by atoms with van der Waals surface area (Å²) in [5.74, 6) is -0.200. The van der Waals surface area contributed by atoms with Crippen molar-refractivity contribution in [3.05, 3.63) is 46.0 Å². The standard InChI is InChI=1S/C16H21ClFN3/c1-5-6-19-11(3)13-8-15(18)10(2)7-16(13)21-9-14(17)12(4)20-21/h7-9,11,19H,5-6H2,1-4H3. The zero-order chi connectivity index (χ0) is 15.6. The van der Waals surface area contributed by atoms with Crippen molar-refractivity contribution in [3.63, 3.8) is 0 Å².